The van der Waals surface area contributed by atoms with E-state index in [1.165, 1.54) is 7.11 Å². The number of ether oxygens (including phenoxy) is 1. The number of hydrogen-bond donors (Lipinski definition) is 1. The highest BCUT2D eigenvalue weighted by Gasteiger charge is 2.23. The van der Waals surface area contributed by atoms with Gasteiger partial charge < -0.3 is 10.1 Å². The van der Waals surface area contributed by atoms with Crippen LogP contribution in [0.5, 0.6) is 0 Å². The first-order valence-electron chi connectivity index (χ1n) is 7.26. The molecule has 2 aromatic carbocycles. The number of rotatable bonds is 5. The lowest BCUT2D eigenvalue weighted by Crippen LogP contribution is -2.43. The molecule has 2 rings (SSSR count). The minimum atomic E-state index is -0.830. The lowest BCUT2D eigenvalue weighted by Gasteiger charge is -2.17. The van der Waals surface area contributed by atoms with Crippen LogP contribution in [0.25, 0.3) is 0 Å². The average molecular weight is 466 g/mol. The summed E-state index contributed by atoms with van der Waals surface area (Å²) in [7, 11) is 1.27. The molecule has 5 nitrogen and oxygen atoms in total. The summed E-state index contributed by atoms with van der Waals surface area (Å²) in [5.41, 5.74) is 1.75. The Labute approximate surface area is 162 Å². The second kappa shape index (κ2) is 8.79. The number of methoxy groups -OCH3 is 1. The first-order valence-corrected chi connectivity index (χ1v) is 8.85. The molecular formula is C18H14Br2N2O3. The van der Waals surface area contributed by atoms with E-state index in [4.69, 9.17) is 10.00 Å². The third kappa shape index (κ3) is 5.41. The van der Waals surface area contributed by atoms with Gasteiger partial charge in [-0.25, -0.2) is 4.79 Å². The Morgan fingerprint density at radius 1 is 1.16 bits per heavy atom. The molecule has 1 N–H and O–H groups in total. The van der Waals surface area contributed by atoms with E-state index in [1.807, 2.05) is 12.1 Å². The van der Waals surface area contributed by atoms with E-state index in [9.17, 15) is 9.59 Å². The molecule has 0 radical (unpaired) electrons. The van der Waals surface area contributed by atoms with Gasteiger partial charge >= 0.3 is 5.97 Å². The Balaban J connectivity index is 2.18. The first kappa shape index (κ1) is 19.2. The second-order valence-corrected chi connectivity index (χ2v) is 7.05. The Hall–Kier alpha value is -2.17. The van der Waals surface area contributed by atoms with Crippen LogP contribution in [0.4, 0.5) is 0 Å². The van der Waals surface area contributed by atoms with Crippen molar-refractivity contribution in [3.05, 3.63) is 68.1 Å². The minimum absolute atomic E-state index is 0.263. The third-order valence-corrected chi connectivity index (χ3v) is 4.35. The van der Waals surface area contributed by atoms with E-state index in [1.54, 1.807) is 36.4 Å². The number of halogens is 2. The predicted octanol–water partition coefficient (Wildman–Crippen LogP) is 3.60. The van der Waals surface area contributed by atoms with Crippen LogP contribution in [0.3, 0.4) is 0 Å². The summed E-state index contributed by atoms with van der Waals surface area (Å²) in [5.74, 6) is -0.919. The van der Waals surface area contributed by atoms with E-state index >= 15 is 0 Å². The largest absolute Gasteiger partial charge is 0.467 e. The molecule has 0 spiro atoms. The maximum atomic E-state index is 12.5. The van der Waals surface area contributed by atoms with Crippen molar-refractivity contribution in [1.82, 2.24) is 5.32 Å². The molecule has 0 aliphatic heterocycles. The van der Waals surface area contributed by atoms with Crippen molar-refractivity contribution in [3.8, 4) is 6.07 Å². The summed E-state index contributed by atoms with van der Waals surface area (Å²) >= 11 is 6.66. The average Bonchev–Trinajstić information content (AvgIpc) is 2.60. The zero-order valence-electron chi connectivity index (χ0n) is 13.3. The van der Waals surface area contributed by atoms with Gasteiger partial charge in [-0.05, 0) is 35.9 Å². The Morgan fingerprint density at radius 3 is 2.28 bits per heavy atom. The van der Waals surface area contributed by atoms with E-state index in [0.29, 0.717) is 11.1 Å². The summed E-state index contributed by atoms with van der Waals surface area (Å²) < 4.78 is 6.28. The second-order valence-electron chi connectivity index (χ2n) is 5.22. The number of nitrogens with one attached hydrogen (secondary N) is 1. The van der Waals surface area contributed by atoms with Gasteiger partial charge in [0.2, 0.25) is 0 Å². The number of nitriles is 1. The fourth-order valence-corrected chi connectivity index (χ4v) is 3.51. The summed E-state index contributed by atoms with van der Waals surface area (Å²) in [6.45, 7) is 0. The van der Waals surface area contributed by atoms with Crippen LogP contribution in [0.2, 0.25) is 0 Å². The van der Waals surface area contributed by atoms with Gasteiger partial charge in [0.1, 0.15) is 6.04 Å². The molecule has 0 aliphatic carbocycles. The zero-order valence-corrected chi connectivity index (χ0v) is 16.4. The highest BCUT2D eigenvalue weighted by Crippen LogP contribution is 2.20. The van der Waals surface area contributed by atoms with Crippen LogP contribution in [0, 0.1) is 11.3 Å². The molecule has 0 aromatic heterocycles. The quantitative estimate of drug-likeness (QED) is 0.684. The molecule has 1 atom stereocenters. The fourth-order valence-electron chi connectivity index (χ4n) is 2.21. The van der Waals surface area contributed by atoms with Crippen molar-refractivity contribution >= 4 is 43.7 Å². The molecule has 128 valence electrons. The molecule has 0 unspecified atom stereocenters. The number of carbonyl (C=O) groups excluding carboxylic acids is 2. The highest BCUT2D eigenvalue weighted by atomic mass is 79.9. The van der Waals surface area contributed by atoms with Crippen LogP contribution >= 0.6 is 31.9 Å². The van der Waals surface area contributed by atoms with Crippen LogP contribution in [-0.4, -0.2) is 25.0 Å². The smallest absolute Gasteiger partial charge is 0.328 e. The molecule has 0 fully saturated rings. The topological polar surface area (TPSA) is 79.2 Å². The minimum Gasteiger partial charge on any atom is -0.467 e. The molecule has 0 heterocycles. The third-order valence-electron chi connectivity index (χ3n) is 3.44. The van der Waals surface area contributed by atoms with Gasteiger partial charge in [0.05, 0.1) is 18.7 Å². The van der Waals surface area contributed by atoms with Gasteiger partial charge in [-0.15, -0.1) is 0 Å². The number of hydrogen-bond acceptors (Lipinski definition) is 4. The summed E-state index contributed by atoms with van der Waals surface area (Å²) in [6.07, 6.45) is 0.263. The molecule has 0 bridgehead atoms. The van der Waals surface area contributed by atoms with Gasteiger partial charge in [0, 0.05) is 20.9 Å². The molecule has 0 saturated carbocycles. The van der Waals surface area contributed by atoms with Gasteiger partial charge in [0.15, 0.2) is 0 Å². The number of nitrogens with zero attached hydrogens (tertiary/aromatic N) is 1. The lowest BCUT2D eigenvalue weighted by molar-refractivity contribution is -0.142. The number of carbonyl (C=O) groups is 2. The molecule has 25 heavy (non-hydrogen) atoms. The molecule has 0 saturated heterocycles. The Kier molecular flexibility index (Phi) is 6.73. The summed E-state index contributed by atoms with van der Waals surface area (Å²) in [6, 6.07) is 13.2. The van der Waals surface area contributed by atoms with Gasteiger partial charge in [-0.2, -0.15) is 5.26 Å². The zero-order chi connectivity index (χ0) is 18.4. The van der Waals surface area contributed by atoms with Crippen molar-refractivity contribution in [2.45, 2.75) is 12.5 Å². The van der Waals surface area contributed by atoms with Crippen LogP contribution in [0.1, 0.15) is 21.5 Å². The lowest BCUT2D eigenvalue weighted by atomic mass is 10.0. The molecule has 2 aromatic rings. The van der Waals surface area contributed by atoms with Crippen LogP contribution in [-0.2, 0) is 16.0 Å². The molecule has 1 amide bonds. The molecular weight excluding hydrogens is 452 g/mol. The van der Waals surface area contributed by atoms with Gasteiger partial charge in [-0.3, -0.25) is 4.79 Å². The van der Waals surface area contributed by atoms with E-state index in [2.05, 4.69) is 37.2 Å². The van der Waals surface area contributed by atoms with Crippen molar-refractivity contribution < 1.29 is 14.3 Å². The monoisotopic (exact) mass is 464 g/mol. The molecule has 7 heteroatoms. The number of benzene rings is 2. The fraction of sp³-hybridized carbons (Fsp3) is 0.167. The standard InChI is InChI=1S/C18H14Br2N2O3/c1-25-18(24)16(6-11-2-4-12(10-21)5-3-11)22-17(23)13-7-14(19)9-15(20)8-13/h2-5,7-9,16H,6H2,1H3,(H,22,23)/t16-/m0/s1. The first-order chi connectivity index (χ1) is 11.9. The number of amides is 1. The van der Waals surface area contributed by atoms with Crippen molar-refractivity contribution in [1.29, 1.82) is 5.26 Å². The Bertz CT molecular complexity index is 809. The SMILES string of the molecule is COC(=O)[C@H](Cc1ccc(C#N)cc1)NC(=O)c1cc(Br)cc(Br)c1. The summed E-state index contributed by atoms with van der Waals surface area (Å²) in [4.78, 5) is 24.5. The maximum Gasteiger partial charge on any atom is 0.328 e. The predicted molar refractivity (Wildman–Crippen MR) is 100.0 cm³/mol. The highest BCUT2D eigenvalue weighted by molar-refractivity contribution is 9.11. The normalized spacial score (nSPS) is 11.3. The van der Waals surface area contributed by atoms with Crippen LogP contribution < -0.4 is 5.32 Å². The Morgan fingerprint density at radius 2 is 1.76 bits per heavy atom. The number of esters is 1. The van der Waals surface area contributed by atoms with Crippen molar-refractivity contribution in [2.75, 3.05) is 7.11 Å². The van der Waals surface area contributed by atoms with Crippen molar-refractivity contribution in [3.63, 3.8) is 0 Å². The van der Waals surface area contributed by atoms with Crippen molar-refractivity contribution in [2.24, 2.45) is 0 Å². The van der Waals surface area contributed by atoms with Crippen LogP contribution in [0.15, 0.2) is 51.4 Å². The van der Waals surface area contributed by atoms with E-state index in [-0.39, 0.29) is 12.3 Å². The molecule has 0 aliphatic rings. The maximum absolute atomic E-state index is 12.5. The van der Waals surface area contributed by atoms with E-state index < -0.39 is 12.0 Å². The van der Waals surface area contributed by atoms with Gasteiger partial charge in [0.25, 0.3) is 5.91 Å². The van der Waals surface area contributed by atoms with Gasteiger partial charge in [-0.1, -0.05) is 44.0 Å². The summed E-state index contributed by atoms with van der Waals surface area (Å²) in [5, 5.41) is 11.5. The van der Waals surface area contributed by atoms with E-state index in [0.717, 1.165) is 14.5 Å².